The molecule has 82 valence electrons. The fraction of sp³-hybridized carbons (Fsp3) is 0.900. The summed E-state index contributed by atoms with van der Waals surface area (Å²) in [5, 5.41) is 2.91. The van der Waals surface area contributed by atoms with Crippen molar-refractivity contribution in [1.29, 1.82) is 0 Å². The number of hydrogen-bond acceptors (Lipinski definition) is 2. The number of nitrogens with one attached hydrogen (secondary N) is 1. The molecule has 0 atom stereocenters. The van der Waals surface area contributed by atoms with Crippen LogP contribution < -0.4 is 11.1 Å². The molecule has 14 heavy (non-hydrogen) atoms. The lowest BCUT2D eigenvalue weighted by atomic mass is 9.91. The number of hydrogen-bond donors (Lipinski definition) is 2. The van der Waals surface area contributed by atoms with E-state index in [1.165, 1.54) is 6.42 Å². The van der Waals surface area contributed by atoms with Crippen molar-refractivity contribution in [1.82, 2.24) is 10.2 Å². The van der Waals surface area contributed by atoms with Crippen molar-refractivity contribution >= 4 is 6.03 Å². The van der Waals surface area contributed by atoms with Crippen molar-refractivity contribution in [3.05, 3.63) is 0 Å². The molecule has 1 aliphatic carbocycles. The van der Waals surface area contributed by atoms with E-state index in [4.69, 9.17) is 5.73 Å². The summed E-state index contributed by atoms with van der Waals surface area (Å²) >= 11 is 0. The number of nitrogens with zero attached hydrogens (tertiary/aromatic N) is 1. The third kappa shape index (κ3) is 2.87. The van der Waals surface area contributed by atoms with Crippen molar-refractivity contribution in [2.45, 2.75) is 45.2 Å². The normalized spacial score (nSPS) is 16.6. The topological polar surface area (TPSA) is 58.4 Å². The van der Waals surface area contributed by atoms with E-state index in [-0.39, 0.29) is 12.1 Å². The molecule has 0 bridgehead atoms. The Balaban J connectivity index is 2.43. The van der Waals surface area contributed by atoms with Crippen LogP contribution in [-0.2, 0) is 0 Å². The van der Waals surface area contributed by atoms with E-state index in [0.717, 1.165) is 12.8 Å². The largest absolute Gasteiger partial charge is 0.336 e. The van der Waals surface area contributed by atoms with Gasteiger partial charge < -0.3 is 16.0 Å². The van der Waals surface area contributed by atoms with Gasteiger partial charge in [0.15, 0.2) is 0 Å². The first kappa shape index (κ1) is 11.3. The first-order valence-electron chi connectivity index (χ1n) is 5.42. The Bertz CT molecular complexity index is 190. The summed E-state index contributed by atoms with van der Waals surface area (Å²) in [6.45, 7) is 5.16. The minimum absolute atomic E-state index is 0.0372. The summed E-state index contributed by atoms with van der Waals surface area (Å²) in [6, 6.07) is 0.662. The van der Waals surface area contributed by atoms with Crippen LogP contribution in [-0.4, -0.2) is 36.1 Å². The molecule has 1 aliphatic rings. The van der Waals surface area contributed by atoms with Gasteiger partial charge in [0.1, 0.15) is 0 Å². The summed E-state index contributed by atoms with van der Waals surface area (Å²) in [5.74, 6) is 0. The number of carbonyl (C=O) groups excluding carboxylic acids is 1. The molecule has 1 saturated carbocycles. The third-order valence-corrected chi connectivity index (χ3v) is 2.56. The Morgan fingerprint density at radius 1 is 1.57 bits per heavy atom. The predicted molar refractivity (Wildman–Crippen MR) is 57.1 cm³/mol. The zero-order chi connectivity index (χ0) is 10.6. The zero-order valence-corrected chi connectivity index (χ0v) is 9.12. The number of carbonyl (C=O) groups is 1. The van der Waals surface area contributed by atoms with Crippen LogP contribution in [0.2, 0.25) is 0 Å². The van der Waals surface area contributed by atoms with Crippen molar-refractivity contribution in [3.63, 3.8) is 0 Å². The van der Waals surface area contributed by atoms with E-state index in [1.807, 2.05) is 18.7 Å². The van der Waals surface area contributed by atoms with E-state index in [0.29, 0.717) is 19.1 Å². The van der Waals surface area contributed by atoms with Crippen LogP contribution in [0, 0.1) is 0 Å². The highest BCUT2D eigenvalue weighted by Crippen LogP contribution is 2.24. The molecule has 0 radical (unpaired) electrons. The smallest absolute Gasteiger partial charge is 0.317 e. The standard InChI is InChI=1S/C10H21N3O/c1-8(2)12-10(14)13(7-6-11)9-4-3-5-9/h8-9H,3-7,11H2,1-2H3,(H,12,14). The molecule has 4 heteroatoms. The molecule has 0 spiro atoms. The summed E-state index contributed by atoms with van der Waals surface area (Å²) < 4.78 is 0. The molecule has 0 aromatic carbocycles. The van der Waals surface area contributed by atoms with Gasteiger partial charge in [-0.2, -0.15) is 0 Å². The van der Waals surface area contributed by atoms with Crippen molar-refractivity contribution in [2.24, 2.45) is 5.73 Å². The molecular formula is C10H21N3O. The lowest BCUT2D eigenvalue weighted by Gasteiger charge is -2.37. The zero-order valence-electron chi connectivity index (χ0n) is 9.12. The van der Waals surface area contributed by atoms with Crippen LogP contribution >= 0.6 is 0 Å². The maximum atomic E-state index is 11.7. The van der Waals surface area contributed by atoms with Gasteiger partial charge in [-0.15, -0.1) is 0 Å². The molecule has 0 aromatic rings. The lowest BCUT2D eigenvalue weighted by molar-refractivity contribution is 0.138. The molecule has 2 amide bonds. The van der Waals surface area contributed by atoms with E-state index < -0.39 is 0 Å². The molecule has 0 aliphatic heterocycles. The minimum atomic E-state index is 0.0372. The fourth-order valence-electron chi connectivity index (χ4n) is 1.62. The number of urea groups is 1. The second-order valence-corrected chi connectivity index (χ2v) is 4.17. The summed E-state index contributed by atoms with van der Waals surface area (Å²) in [6.07, 6.45) is 3.50. The van der Waals surface area contributed by atoms with Gasteiger partial charge in [0.05, 0.1) is 0 Å². The molecule has 0 heterocycles. The van der Waals surface area contributed by atoms with E-state index in [1.54, 1.807) is 0 Å². The van der Waals surface area contributed by atoms with Crippen LogP contribution in [0.1, 0.15) is 33.1 Å². The van der Waals surface area contributed by atoms with Gasteiger partial charge in [-0.1, -0.05) is 0 Å². The van der Waals surface area contributed by atoms with Crippen LogP contribution in [0.3, 0.4) is 0 Å². The molecule has 1 rings (SSSR count). The van der Waals surface area contributed by atoms with Crippen molar-refractivity contribution in [2.75, 3.05) is 13.1 Å². The van der Waals surface area contributed by atoms with Crippen molar-refractivity contribution in [3.8, 4) is 0 Å². The summed E-state index contributed by atoms with van der Waals surface area (Å²) in [7, 11) is 0. The molecular weight excluding hydrogens is 178 g/mol. The minimum Gasteiger partial charge on any atom is -0.336 e. The van der Waals surface area contributed by atoms with E-state index >= 15 is 0 Å². The Kier molecular flexibility index (Phi) is 4.20. The monoisotopic (exact) mass is 199 g/mol. The average Bonchev–Trinajstić information content (AvgIpc) is 1.98. The highest BCUT2D eigenvalue weighted by molar-refractivity contribution is 5.74. The Hall–Kier alpha value is -0.770. The van der Waals surface area contributed by atoms with E-state index in [9.17, 15) is 4.79 Å². The molecule has 3 N–H and O–H groups in total. The van der Waals surface area contributed by atoms with Gasteiger partial charge in [0.2, 0.25) is 0 Å². The third-order valence-electron chi connectivity index (χ3n) is 2.56. The van der Waals surface area contributed by atoms with Crippen LogP contribution in [0.5, 0.6) is 0 Å². The fourth-order valence-corrected chi connectivity index (χ4v) is 1.62. The Labute approximate surface area is 85.8 Å². The number of rotatable bonds is 4. The van der Waals surface area contributed by atoms with Gasteiger partial charge in [-0.05, 0) is 33.1 Å². The molecule has 0 saturated heterocycles. The maximum absolute atomic E-state index is 11.7. The highest BCUT2D eigenvalue weighted by Gasteiger charge is 2.28. The van der Waals surface area contributed by atoms with Gasteiger partial charge >= 0.3 is 6.03 Å². The number of amides is 2. The SMILES string of the molecule is CC(C)NC(=O)N(CCN)C1CCC1. The van der Waals surface area contributed by atoms with Crippen LogP contribution in [0.25, 0.3) is 0 Å². The van der Waals surface area contributed by atoms with Crippen molar-refractivity contribution < 1.29 is 4.79 Å². The predicted octanol–water partition coefficient (Wildman–Crippen LogP) is 0.918. The van der Waals surface area contributed by atoms with Gasteiger partial charge in [0.25, 0.3) is 0 Å². The molecule has 0 aromatic heterocycles. The van der Waals surface area contributed by atoms with Gasteiger partial charge in [-0.25, -0.2) is 4.79 Å². The average molecular weight is 199 g/mol. The second kappa shape index (κ2) is 5.20. The Morgan fingerprint density at radius 2 is 2.21 bits per heavy atom. The molecule has 4 nitrogen and oxygen atoms in total. The number of nitrogens with two attached hydrogens (primary N) is 1. The first-order chi connectivity index (χ1) is 6.65. The maximum Gasteiger partial charge on any atom is 0.317 e. The first-order valence-corrected chi connectivity index (χ1v) is 5.42. The molecule has 1 fully saturated rings. The van der Waals surface area contributed by atoms with Gasteiger partial charge in [0, 0.05) is 25.2 Å². The Morgan fingerprint density at radius 3 is 2.57 bits per heavy atom. The quantitative estimate of drug-likeness (QED) is 0.707. The van der Waals surface area contributed by atoms with Gasteiger partial charge in [-0.3, -0.25) is 0 Å². The second-order valence-electron chi connectivity index (χ2n) is 4.17. The lowest BCUT2D eigenvalue weighted by Crippen LogP contribution is -2.52. The van der Waals surface area contributed by atoms with E-state index in [2.05, 4.69) is 5.32 Å². The highest BCUT2D eigenvalue weighted by atomic mass is 16.2. The summed E-state index contributed by atoms with van der Waals surface area (Å²) in [4.78, 5) is 13.6. The molecule has 0 unspecified atom stereocenters. The van der Waals surface area contributed by atoms with Crippen LogP contribution in [0.4, 0.5) is 4.79 Å². The summed E-state index contributed by atoms with van der Waals surface area (Å²) in [5.41, 5.74) is 5.49. The van der Waals surface area contributed by atoms with Crippen LogP contribution in [0.15, 0.2) is 0 Å².